The van der Waals surface area contributed by atoms with Crippen molar-refractivity contribution in [2.45, 2.75) is 26.3 Å². The minimum absolute atomic E-state index is 0.224. The summed E-state index contributed by atoms with van der Waals surface area (Å²) in [6, 6.07) is 2.02. The van der Waals surface area contributed by atoms with Gasteiger partial charge in [0.2, 0.25) is 0 Å². The Hall–Kier alpha value is -1.83. The predicted molar refractivity (Wildman–Crippen MR) is 48.8 cm³/mol. The van der Waals surface area contributed by atoms with Gasteiger partial charge in [-0.1, -0.05) is 0 Å². The molecule has 1 aromatic heterocycles. The summed E-state index contributed by atoms with van der Waals surface area (Å²) in [5, 5.41) is 21.1. The first-order valence-electron chi connectivity index (χ1n) is 4.29. The van der Waals surface area contributed by atoms with Crippen LogP contribution in [0, 0.1) is 18.3 Å². The first-order valence-corrected chi connectivity index (χ1v) is 4.29. The minimum atomic E-state index is -0.964. The highest BCUT2D eigenvalue weighted by Gasteiger charge is 2.10. The molecule has 0 aliphatic carbocycles. The van der Waals surface area contributed by atoms with E-state index in [2.05, 4.69) is 5.10 Å². The molecule has 0 radical (unpaired) electrons. The molecule has 0 aromatic carbocycles. The van der Waals surface area contributed by atoms with Crippen molar-refractivity contribution in [2.75, 3.05) is 0 Å². The fraction of sp³-hybridized carbons (Fsp3) is 0.444. The summed E-state index contributed by atoms with van der Waals surface area (Å²) in [6.45, 7) is 2.24. The second-order valence-corrected chi connectivity index (χ2v) is 2.96. The monoisotopic (exact) mass is 193 g/mol. The fourth-order valence-electron chi connectivity index (χ4n) is 1.16. The number of hydrogen-bond acceptors (Lipinski definition) is 3. The normalized spacial score (nSPS) is 9.71. The van der Waals surface area contributed by atoms with Crippen LogP contribution in [0.15, 0.2) is 6.20 Å². The van der Waals surface area contributed by atoms with Crippen molar-refractivity contribution in [3.8, 4) is 6.07 Å². The summed E-state index contributed by atoms with van der Waals surface area (Å²) in [6.07, 6.45) is 2.65. The van der Waals surface area contributed by atoms with Crippen LogP contribution in [0.25, 0.3) is 0 Å². The molecule has 0 aliphatic rings. The zero-order valence-electron chi connectivity index (χ0n) is 7.90. The van der Waals surface area contributed by atoms with E-state index >= 15 is 0 Å². The van der Waals surface area contributed by atoms with Crippen molar-refractivity contribution in [1.29, 1.82) is 5.26 Å². The van der Waals surface area contributed by atoms with E-state index in [1.54, 1.807) is 11.6 Å². The van der Waals surface area contributed by atoms with Crippen LogP contribution in [0.3, 0.4) is 0 Å². The van der Waals surface area contributed by atoms with Crippen LogP contribution in [-0.4, -0.2) is 20.9 Å². The highest BCUT2D eigenvalue weighted by Crippen LogP contribution is 2.06. The lowest BCUT2D eigenvalue weighted by Gasteiger charge is -1.95. The molecule has 5 heteroatoms. The van der Waals surface area contributed by atoms with E-state index in [-0.39, 0.29) is 5.56 Å². The summed E-state index contributed by atoms with van der Waals surface area (Å²) < 4.78 is 1.57. The third-order valence-electron chi connectivity index (χ3n) is 1.85. The van der Waals surface area contributed by atoms with E-state index in [9.17, 15) is 4.79 Å². The molecule has 1 rings (SSSR count). The number of carboxylic acid groups (broad SMARTS) is 1. The number of carboxylic acids is 1. The van der Waals surface area contributed by atoms with Gasteiger partial charge in [-0.25, -0.2) is 4.79 Å². The molecule has 0 saturated carbocycles. The maximum atomic E-state index is 10.7. The van der Waals surface area contributed by atoms with E-state index in [0.717, 1.165) is 0 Å². The van der Waals surface area contributed by atoms with Gasteiger partial charge in [0.25, 0.3) is 0 Å². The molecule has 74 valence electrons. The largest absolute Gasteiger partial charge is 0.478 e. The van der Waals surface area contributed by atoms with Crippen LogP contribution in [0.5, 0.6) is 0 Å². The number of carbonyl (C=O) groups is 1. The second-order valence-electron chi connectivity index (χ2n) is 2.96. The molecule has 1 N–H and O–H groups in total. The van der Waals surface area contributed by atoms with E-state index in [1.807, 2.05) is 6.07 Å². The van der Waals surface area contributed by atoms with Gasteiger partial charge in [0.15, 0.2) is 0 Å². The van der Waals surface area contributed by atoms with Crippen molar-refractivity contribution in [3.63, 3.8) is 0 Å². The molecule has 0 aliphatic heterocycles. The molecule has 0 bridgehead atoms. The van der Waals surface area contributed by atoms with Crippen LogP contribution < -0.4 is 0 Å². The number of rotatable bonds is 4. The van der Waals surface area contributed by atoms with Gasteiger partial charge in [-0.15, -0.1) is 0 Å². The molecule has 0 amide bonds. The zero-order valence-corrected chi connectivity index (χ0v) is 7.90. The van der Waals surface area contributed by atoms with Gasteiger partial charge >= 0.3 is 5.97 Å². The standard InChI is InChI=1S/C9H11N3O2/c1-7-8(9(13)14)6-12(11-7)5-3-2-4-10/h6H,2-3,5H2,1H3,(H,13,14). The Morgan fingerprint density at radius 3 is 3.00 bits per heavy atom. The fourth-order valence-corrected chi connectivity index (χ4v) is 1.16. The smallest absolute Gasteiger partial charge is 0.339 e. The molecule has 0 saturated heterocycles. The first-order chi connectivity index (χ1) is 6.65. The summed E-state index contributed by atoms with van der Waals surface area (Å²) in [5.74, 6) is -0.964. The van der Waals surface area contributed by atoms with Crippen LogP contribution >= 0.6 is 0 Å². The summed E-state index contributed by atoms with van der Waals surface area (Å²) >= 11 is 0. The number of unbranched alkanes of at least 4 members (excludes halogenated alkanes) is 1. The Balaban J connectivity index is 2.67. The highest BCUT2D eigenvalue weighted by molar-refractivity contribution is 5.88. The third-order valence-corrected chi connectivity index (χ3v) is 1.85. The lowest BCUT2D eigenvalue weighted by molar-refractivity contribution is 0.0696. The molecule has 0 unspecified atom stereocenters. The number of aromatic carboxylic acids is 1. The third kappa shape index (κ3) is 2.33. The summed E-state index contributed by atoms with van der Waals surface area (Å²) in [5.41, 5.74) is 0.733. The molecule has 1 heterocycles. The van der Waals surface area contributed by atoms with Gasteiger partial charge in [-0.3, -0.25) is 4.68 Å². The van der Waals surface area contributed by atoms with Gasteiger partial charge in [-0.2, -0.15) is 10.4 Å². The number of aryl methyl sites for hydroxylation is 2. The number of aromatic nitrogens is 2. The molecule has 5 nitrogen and oxygen atoms in total. The van der Waals surface area contributed by atoms with E-state index in [1.165, 1.54) is 6.20 Å². The van der Waals surface area contributed by atoms with Crippen molar-refractivity contribution in [1.82, 2.24) is 9.78 Å². The average Bonchev–Trinajstić information content (AvgIpc) is 2.47. The predicted octanol–water partition coefficient (Wildman–Crippen LogP) is 1.19. The lowest BCUT2D eigenvalue weighted by atomic mass is 10.3. The topological polar surface area (TPSA) is 78.9 Å². The van der Waals surface area contributed by atoms with Crippen molar-refractivity contribution in [2.24, 2.45) is 0 Å². The Morgan fingerprint density at radius 2 is 2.50 bits per heavy atom. The van der Waals surface area contributed by atoms with Crippen LogP contribution in [0.4, 0.5) is 0 Å². The van der Waals surface area contributed by atoms with Gasteiger partial charge < -0.3 is 5.11 Å². The Morgan fingerprint density at radius 1 is 1.79 bits per heavy atom. The Kier molecular flexibility index (Phi) is 3.24. The zero-order chi connectivity index (χ0) is 10.6. The molecule has 14 heavy (non-hydrogen) atoms. The number of nitriles is 1. The maximum absolute atomic E-state index is 10.7. The van der Waals surface area contributed by atoms with Gasteiger partial charge in [0.1, 0.15) is 5.56 Å². The highest BCUT2D eigenvalue weighted by atomic mass is 16.4. The van der Waals surface area contributed by atoms with Gasteiger partial charge in [-0.05, 0) is 13.3 Å². The first kappa shape index (κ1) is 10.3. The molecule has 0 atom stereocenters. The van der Waals surface area contributed by atoms with E-state index in [0.29, 0.717) is 25.1 Å². The van der Waals surface area contributed by atoms with Crippen molar-refractivity contribution >= 4 is 5.97 Å². The number of nitrogens with zero attached hydrogens (tertiary/aromatic N) is 3. The quantitative estimate of drug-likeness (QED) is 0.728. The Bertz CT molecular complexity index is 376. The van der Waals surface area contributed by atoms with Crippen LogP contribution in [0.1, 0.15) is 28.9 Å². The average molecular weight is 193 g/mol. The second kappa shape index (κ2) is 4.42. The lowest BCUT2D eigenvalue weighted by Crippen LogP contribution is -1.98. The van der Waals surface area contributed by atoms with E-state index < -0.39 is 5.97 Å². The van der Waals surface area contributed by atoms with Gasteiger partial charge in [0.05, 0.1) is 11.8 Å². The molecule has 0 spiro atoms. The minimum Gasteiger partial charge on any atom is -0.478 e. The molecular weight excluding hydrogens is 182 g/mol. The summed E-state index contributed by atoms with van der Waals surface area (Å²) in [7, 11) is 0. The van der Waals surface area contributed by atoms with Gasteiger partial charge in [0, 0.05) is 19.2 Å². The van der Waals surface area contributed by atoms with Crippen molar-refractivity contribution in [3.05, 3.63) is 17.5 Å². The summed E-state index contributed by atoms with van der Waals surface area (Å²) in [4.78, 5) is 10.7. The van der Waals surface area contributed by atoms with Crippen LogP contribution in [-0.2, 0) is 6.54 Å². The maximum Gasteiger partial charge on any atom is 0.339 e. The van der Waals surface area contributed by atoms with Crippen molar-refractivity contribution < 1.29 is 9.90 Å². The molecule has 0 fully saturated rings. The van der Waals surface area contributed by atoms with E-state index in [4.69, 9.17) is 10.4 Å². The molecular formula is C9H11N3O2. The Labute approximate surface area is 81.6 Å². The molecule has 1 aromatic rings. The number of hydrogen-bond donors (Lipinski definition) is 1. The SMILES string of the molecule is Cc1nn(CCCC#N)cc1C(=O)O. The van der Waals surface area contributed by atoms with Crippen LogP contribution in [0.2, 0.25) is 0 Å².